The molecule has 0 saturated carbocycles. The maximum Gasteiger partial charge on any atom is 0.354 e. The summed E-state index contributed by atoms with van der Waals surface area (Å²) in [4.78, 5) is 36.5. The predicted molar refractivity (Wildman–Crippen MR) is 125 cm³/mol. The summed E-state index contributed by atoms with van der Waals surface area (Å²) in [6.07, 6.45) is 0. The SMILES string of the molecule is COc1ccc(Cn2c(C(=O)O)c(NC(=O)NC(=O)C(Cl)(Cl)Cl)c3cc(OC)ccc32)cc1. The van der Waals surface area contributed by atoms with Crippen LogP contribution in [0.25, 0.3) is 10.9 Å². The zero-order valence-electron chi connectivity index (χ0n) is 17.3. The van der Waals surface area contributed by atoms with Crippen LogP contribution in [-0.2, 0) is 11.3 Å². The second kappa shape index (κ2) is 9.78. The maximum atomic E-state index is 12.4. The van der Waals surface area contributed by atoms with E-state index in [1.807, 2.05) is 5.32 Å². The number of fused-ring (bicyclic) bond motifs is 1. The number of nitrogens with one attached hydrogen (secondary N) is 2. The van der Waals surface area contributed by atoms with Crippen molar-refractivity contribution in [2.45, 2.75) is 10.3 Å². The normalized spacial score (nSPS) is 11.2. The monoisotopic (exact) mass is 513 g/mol. The summed E-state index contributed by atoms with van der Waals surface area (Å²) in [5.74, 6) is -1.41. The first-order chi connectivity index (χ1) is 15.5. The molecule has 174 valence electrons. The number of urea groups is 1. The number of ether oxygens (including phenoxy) is 2. The predicted octanol–water partition coefficient (Wildman–Crippen LogP) is 4.42. The molecule has 0 fully saturated rings. The maximum absolute atomic E-state index is 12.4. The van der Waals surface area contributed by atoms with Crippen LogP contribution >= 0.6 is 34.8 Å². The molecule has 0 spiro atoms. The molecule has 0 atom stereocenters. The van der Waals surface area contributed by atoms with Crippen molar-refractivity contribution in [3.63, 3.8) is 0 Å². The molecule has 0 bridgehead atoms. The van der Waals surface area contributed by atoms with E-state index in [1.165, 1.54) is 11.7 Å². The summed E-state index contributed by atoms with van der Waals surface area (Å²) in [5.41, 5.74) is 1.02. The second-order valence-corrected chi connectivity index (χ2v) is 9.03. The number of anilines is 1. The number of benzene rings is 2. The molecule has 9 nitrogen and oxygen atoms in total. The molecule has 0 aliphatic rings. The Hall–Kier alpha value is -3.14. The molecular weight excluding hydrogens is 497 g/mol. The van der Waals surface area contributed by atoms with Gasteiger partial charge in [-0.1, -0.05) is 46.9 Å². The summed E-state index contributed by atoms with van der Waals surface area (Å²) < 4.78 is 9.54. The van der Waals surface area contributed by atoms with E-state index < -0.39 is 21.7 Å². The van der Waals surface area contributed by atoms with Crippen LogP contribution in [0.5, 0.6) is 11.5 Å². The van der Waals surface area contributed by atoms with Gasteiger partial charge in [-0.15, -0.1) is 0 Å². The summed E-state index contributed by atoms with van der Waals surface area (Å²) in [7, 11) is 2.99. The smallest absolute Gasteiger partial charge is 0.354 e. The molecule has 12 heteroatoms. The standard InChI is InChI=1S/C21H18Cl3N3O6/c1-32-12-5-3-11(4-6-12)10-27-15-8-7-13(33-2)9-14(15)16(17(27)18(28)29)25-20(31)26-19(30)21(22,23)24/h3-9H,10H2,1-2H3,(H,28,29)(H2,25,26,30,31). The molecule has 1 aromatic heterocycles. The number of hydrogen-bond acceptors (Lipinski definition) is 5. The quantitative estimate of drug-likeness (QED) is 0.419. The summed E-state index contributed by atoms with van der Waals surface area (Å²) in [6, 6.07) is 10.9. The number of aromatic carboxylic acids is 1. The van der Waals surface area contributed by atoms with Gasteiger partial charge >= 0.3 is 12.0 Å². The third kappa shape index (κ3) is 5.44. The van der Waals surface area contributed by atoms with Crippen molar-refractivity contribution in [3.8, 4) is 11.5 Å². The number of amides is 3. The van der Waals surface area contributed by atoms with E-state index >= 15 is 0 Å². The number of halogens is 3. The van der Waals surface area contributed by atoms with E-state index in [4.69, 9.17) is 44.3 Å². The second-order valence-electron chi connectivity index (χ2n) is 6.75. The van der Waals surface area contributed by atoms with Gasteiger partial charge in [-0.2, -0.15) is 0 Å². The lowest BCUT2D eigenvalue weighted by atomic mass is 10.2. The van der Waals surface area contributed by atoms with E-state index in [0.717, 1.165) is 5.56 Å². The Morgan fingerprint density at radius 1 is 1.00 bits per heavy atom. The molecule has 0 saturated heterocycles. The van der Waals surface area contributed by atoms with Crippen LogP contribution in [0.2, 0.25) is 0 Å². The molecule has 3 N–H and O–H groups in total. The van der Waals surface area contributed by atoms with Gasteiger partial charge in [-0.05, 0) is 35.9 Å². The lowest BCUT2D eigenvalue weighted by Crippen LogP contribution is -2.41. The Kier molecular flexibility index (Phi) is 7.26. The van der Waals surface area contributed by atoms with Crippen LogP contribution in [-0.4, -0.2) is 45.6 Å². The van der Waals surface area contributed by atoms with Crippen molar-refractivity contribution in [2.24, 2.45) is 0 Å². The highest BCUT2D eigenvalue weighted by atomic mass is 35.6. The third-order valence-corrected chi connectivity index (χ3v) is 5.21. The van der Waals surface area contributed by atoms with Gasteiger partial charge in [-0.25, -0.2) is 9.59 Å². The van der Waals surface area contributed by atoms with Crippen LogP contribution < -0.4 is 20.1 Å². The Bertz CT molecular complexity index is 1220. The van der Waals surface area contributed by atoms with Crippen molar-refractivity contribution in [2.75, 3.05) is 19.5 Å². The highest BCUT2D eigenvalue weighted by Gasteiger charge is 2.33. The van der Waals surface area contributed by atoms with E-state index in [1.54, 1.807) is 49.6 Å². The van der Waals surface area contributed by atoms with Gasteiger partial charge in [0.05, 0.1) is 25.4 Å². The summed E-state index contributed by atoms with van der Waals surface area (Å²) in [5, 5.41) is 14.6. The first kappa shape index (κ1) is 24.5. The Morgan fingerprint density at radius 3 is 2.15 bits per heavy atom. The van der Waals surface area contributed by atoms with Gasteiger partial charge in [0.2, 0.25) is 0 Å². The number of carbonyl (C=O) groups is 3. The molecule has 3 rings (SSSR count). The van der Waals surface area contributed by atoms with Gasteiger partial charge in [0.25, 0.3) is 9.70 Å². The number of rotatable bonds is 6. The van der Waals surface area contributed by atoms with E-state index in [9.17, 15) is 19.5 Å². The topological polar surface area (TPSA) is 119 Å². The lowest BCUT2D eigenvalue weighted by Gasteiger charge is -2.12. The Balaban J connectivity index is 2.10. The summed E-state index contributed by atoms with van der Waals surface area (Å²) in [6.45, 7) is 0.171. The van der Waals surface area contributed by atoms with E-state index in [-0.39, 0.29) is 17.9 Å². The molecule has 0 unspecified atom stereocenters. The van der Waals surface area contributed by atoms with Gasteiger partial charge in [0.1, 0.15) is 11.5 Å². The van der Waals surface area contributed by atoms with Crippen LogP contribution in [0, 0.1) is 0 Å². The number of alkyl halides is 3. The minimum atomic E-state index is -2.38. The molecule has 0 radical (unpaired) electrons. The fraction of sp³-hybridized carbons (Fsp3) is 0.190. The molecular formula is C21H18Cl3N3O6. The number of nitrogens with zero attached hydrogens (tertiary/aromatic N) is 1. The van der Waals surface area contributed by atoms with E-state index in [0.29, 0.717) is 22.4 Å². The highest BCUT2D eigenvalue weighted by molar-refractivity contribution is 6.76. The van der Waals surface area contributed by atoms with Crippen molar-refractivity contribution in [1.82, 2.24) is 9.88 Å². The van der Waals surface area contributed by atoms with Crippen LogP contribution in [0.3, 0.4) is 0 Å². The average molecular weight is 515 g/mol. The zero-order valence-corrected chi connectivity index (χ0v) is 19.6. The largest absolute Gasteiger partial charge is 0.497 e. The summed E-state index contributed by atoms with van der Waals surface area (Å²) >= 11 is 16.4. The van der Waals surface area contributed by atoms with Gasteiger partial charge < -0.3 is 24.5 Å². The van der Waals surface area contributed by atoms with Crippen LogP contribution in [0.1, 0.15) is 16.1 Å². The zero-order chi connectivity index (χ0) is 24.3. The number of carbonyl (C=O) groups excluding carboxylic acids is 2. The van der Waals surface area contributed by atoms with Gasteiger partial charge in [-0.3, -0.25) is 10.1 Å². The number of imide groups is 1. The van der Waals surface area contributed by atoms with Crippen molar-refractivity contribution in [1.29, 1.82) is 0 Å². The molecule has 33 heavy (non-hydrogen) atoms. The van der Waals surface area contributed by atoms with Crippen LogP contribution in [0.15, 0.2) is 42.5 Å². The fourth-order valence-electron chi connectivity index (χ4n) is 3.21. The molecule has 3 amide bonds. The first-order valence-corrected chi connectivity index (χ1v) is 10.4. The van der Waals surface area contributed by atoms with E-state index in [2.05, 4.69) is 5.32 Å². The number of hydrogen-bond donors (Lipinski definition) is 3. The molecule has 0 aliphatic heterocycles. The molecule has 2 aromatic carbocycles. The van der Waals surface area contributed by atoms with Crippen LogP contribution in [0.4, 0.5) is 10.5 Å². The van der Waals surface area contributed by atoms with Gasteiger partial charge in [0.15, 0.2) is 5.69 Å². The van der Waals surface area contributed by atoms with Gasteiger partial charge in [0, 0.05) is 11.9 Å². The molecule has 0 aliphatic carbocycles. The molecule has 1 heterocycles. The Labute approximate surface area is 203 Å². The fourth-order valence-corrected chi connectivity index (χ4v) is 3.35. The minimum absolute atomic E-state index is 0.0560. The minimum Gasteiger partial charge on any atom is -0.497 e. The average Bonchev–Trinajstić information content (AvgIpc) is 3.05. The third-order valence-electron chi connectivity index (χ3n) is 4.70. The highest BCUT2D eigenvalue weighted by Crippen LogP contribution is 2.35. The van der Waals surface area contributed by atoms with Crippen molar-refractivity contribution < 1.29 is 29.0 Å². The number of carboxylic acids is 1. The number of carboxylic acid groups (broad SMARTS) is 1. The number of methoxy groups -OCH3 is 2. The lowest BCUT2D eigenvalue weighted by molar-refractivity contribution is -0.119. The molecule has 3 aromatic rings. The first-order valence-electron chi connectivity index (χ1n) is 9.30. The Morgan fingerprint density at radius 2 is 1.61 bits per heavy atom. The van der Waals surface area contributed by atoms with Crippen molar-refractivity contribution >= 4 is 69.3 Å². The number of aromatic nitrogens is 1. The van der Waals surface area contributed by atoms with Crippen molar-refractivity contribution in [3.05, 3.63) is 53.7 Å².